The molecule has 0 heterocycles. The Morgan fingerprint density at radius 3 is 2.76 bits per heavy atom. The van der Waals surface area contributed by atoms with Gasteiger partial charge in [-0.05, 0) is 37.5 Å². The highest BCUT2D eigenvalue weighted by Gasteiger charge is 2.19. The lowest BCUT2D eigenvalue weighted by Crippen LogP contribution is -2.24. The van der Waals surface area contributed by atoms with Gasteiger partial charge < -0.3 is 15.4 Å². The van der Waals surface area contributed by atoms with Gasteiger partial charge in [0.15, 0.2) is 0 Å². The third-order valence-electron chi connectivity index (χ3n) is 2.93. The zero-order chi connectivity index (χ0) is 12.3. The van der Waals surface area contributed by atoms with Crippen LogP contribution in [0.15, 0.2) is 12.1 Å². The number of anilines is 1. The maximum Gasteiger partial charge on any atom is 0.142 e. The van der Waals surface area contributed by atoms with Crippen molar-refractivity contribution in [2.75, 3.05) is 25.5 Å². The highest BCUT2D eigenvalue weighted by atomic mass is 35.5. The molecule has 1 aliphatic rings. The molecule has 2 N–H and O–H groups in total. The average Bonchev–Trinajstić information content (AvgIpc) is 3.12. The molecule has 3 nitrogen and oxygen atoms in total. The number of halogens is 1. The molecule has 0 saturated heterocycles. The Labute approximate surface area is 107 Å². The van der Waals surface area contributed by atoms with E-state index >= 15 is 0 Å². The van der Waals surface area contributed by atoms with Crippen molar-refractivity contribution in [3.05, 3.63) is 22.7 Å². The summed E-state index contributed by atoms with van der Waals surface area (Å²) in [4.78, 5) is 0. The molecule has 2 rings (SSSR count). The molecular weight excluding hydrogens is 236 g/mol. The Kier molecular flexibility index (Phi) is 4.13. The van der Waals surface area contributed by atoms with E-state index in [2.05, 4.69) is 10.6 Å². The van der Waals surface area contributed by atoms with Gasteiger partial charge in [0.2, 0.25) is 0 Å². The Balaban J connectivity index is 1.90. The van der Waals surface area contributed by atoms with Crippen molar-refractivity contribution in [3.63, 3.8) is 0 Å². The minimum absolute atomic E-state index is 0.750. The van der Waals surface area contributed by atoms with Crippen molar-refractivity contribution in [1.82, 2.24) is 5.32 Å². The maximum atomic E-state index is 6.10. The van der Waals surface area contributed by atoms with Gasteiger partial charge >= 0.3 is 0 Å². The first kappa shape index (κ1) is 12.5. The van der Waals surface area contributed by atoms with Gasteiger partial charge in [-0.1, -0.05) is 11.6 Å². The van der Waals surface area contributed by atoms with Crippen molar-refractivity contribution >= 4 is 17.3 Å². The van der Waals surface area contributed by atoms with Crippen LogP contribution in [0.25, 0.3) is 0 Å². The lowest BCUT2D eigenvalue weighted by Gasteiger charge is -2.13. The highest BCUT2D eigenvalue weighted by Crippen LogP contribution is 2.30. The van der Waals surface area contributed by atoms with Gasteiger partial charge in [-0.3, -0.25) is 0 Å². The molecule has 17 heavy (non-hydrogen) atoms. The molecular formula is C13H19ClN2O. The molecule has 1 aromatic rings. The third-order valence-corrected chi connectivity index (χ3v) is 3.34. The monoisotopic (exact) mass is 254 g/mol. The maximum absolute atomic E-state index is 6.10. The number of hydrogen-bond acceptors (Lipinski definition) is 3. The number of rotatable bonds is 6. The van der Waals surface area contributed by atoms with Crippen LogP contribution in [-0.2, 0) is 0 Å². The Morgan fingerprint density at radius 1 is 1.35 bits per heavy atom. The van der Waals surface area contributed by atoms with Crippen LogP contribution < -0.4 is 15.4 Å². The zero-order valence-electron chi connectivity index (χ0n) is 10.3. The highest BCUT2D eigenvalue weighted by molar-refractivity contribution is 6.31. The Morgan fingerprint density at radius 2 is 2.12 bits per heavy atom. The van der Waals surface area contributed by atoms with E-state index in [1.165, 1.54) is 12.8 Å². The largest absolute Gasteiger partial charge is 0.495 e. The van der Waals surface area contributed by atoms with Crippen LogP contribution in [0.4, 0.5) is 5.69 Å². The van der Waals surface area contributed by atoms with Crippen LogP contribution in [0.1, 0.15) is 18.4 Å². The van der Waals surface area contributed by atoms with E-state index < -0.39 is 0 Å². The second-order valence-electron chi connectivity index (χ2n) is 4.46. The third kappa shape index (κ3) is 3.51. The summed E-state index contributed by atoms with van der Waals surface area (Å²) < 4.78 is 5.33. The van der Waals surface area contributed by atoms with Gasteiger partial charge in [-0.2, -0.15) is 0 Å². The first-order valence-corrected chi connectivity index (χ1v) is 6.40. The Bertz CT molecular complexity index is 391. The average molecular weight is 255 g/mol. The molecule has 0 spiro atoms. The molecule has 1 saturated carbocycles. The molecule has 1 aromatic carbocycles. The fraction of sp³-hybridized carbons (Fsp3) is 0.538. The molecule has 0 atom stereocenters. The minimum atomic E-state index is 0.750. The summed E-state index contributed by atoms with van der Waals surface area (Å²) in [5.74, 6) is 0.846. The van der Waals surface area contributed by atoms with E-state index in [4.69, 9.17) is 16.3 Å². The lowest BCUT2D eigenvalue weighted by atomic mass is 10.2. The predicted molar refractivity (Wildman–Crippen MR) is 72.3 cm³/mol. The normalized spacial score (nSPS) is 14.8. The van der Waals surface area contributed by atoms with Crippen LogP contribution >= 0.6 is 11.6 Å². The number of ether oxygens (including phenoxy) is 1. The molecule has 4 heteroatoms. The summed E-state index contributed by atoms with van der Waals surface area (Å²) in [7, 11) is 1.68. The summed E-state index contributed by atoms with van der Waals surface area (Å²) in [6, 6.07) is 4.63. The van der Waals surface area contributed by atoms with Crippen molar-refractivity contribution in [2.45, 2.75) is 25.8 Å². The quantitative estimate of drug-likeness (QED) is 0.766. The van der Waals surface area contributed by atoms with Crippen LogP contribution in [0.3, 0.4) is 0 Å². The van der Waals surface area contributed by atoms with Crippen molar-refractivity contribution in [2.24, 2.45) is 0 Å². The SMILES string of the molecule is COc1cc(C)c(Cl)cc1NCCNC1CC1. The summed E-state index contributed by atoms with van der Waals surface area (Å²) in [5, 5.41) is 7.56. The van der Waals surface area contributed by atoms with Crippen LogP contribution in [0, 0.1) is 6.92 Å². The number of aryl methyl sites for hydroxylation is 1. The van der Waals surface area contributed by atoms with Crippen molar-refractivity contribution in [1.29, 1.82) is 0 Å². The van der Waals surface area contributed by atoms with E-state index in [0.717, 1.165) is 41.2 Å². The van der Waals surface area contributed by atoms with Gasteiger partial charge in [0.25, 0.3) is 0 Å². The molecule has 0 unspecified atom stereocenters. The van der Waals surface area contributed by atoms with Crippen molar-refractivity contribution in [3.8, 4) is 5.75 Å². The molecule has 0 bridgehead atoms. The van der Waals surface area contributed by atoms with Gasteiger partial charge in [0, 0.05) is 24.2 Å². The second kappa shape index (κ2) is 5.61. The van der Waals surface area contributed by atoms with Crippen LogP contribution in [-0.4, -0.2) is 26.2 Å². The smallest absolute Gasteiger partial charge is 0.142 e. The summed E-state index contributed by atoms with van der Waals surface area (Å²) in [6.45, 7) is 3.83. The fourth-order valence-electron chi connectivity index (χ4n) is 1.72. The molecule has 1 aliphatic carbocycles. The zero-order valence-corrected chi connectivity index (χ0v) is 11.1. The molecule has 0 aromatic heterocycles. The number of nitrogens with one attached hydrogen (secondary N) is 2. The first-order valence-electron chi connectivity index (χ1n) is 6.02. The number of hydrogen-bond donors (Lipinski definition) is 2. The first-order chi connectivity index (χ1) is 8.20. The summed E-state index contributed by atoms with van der Waals surface area (Å²) in [6.07, 6.45) is 2.64. The molecule has 1 fully saturated rings. The molecule has 0 radical (unpaired) electrons. The van der Waals surface area contributed by atoms with Gasteiger partial charge in [0.1, 0.15) is 5.75 Å². The second-order valence-corrected chi connectivity index (χ2v) is 4.86. The number of methoxy groups -OCH3 is 1. The minimum Gasteiger partial charge on any atom is -0.495 e. The molecule has 0 aliphatic heterocycles. The van der Waals surface area contributed by atoms with Crippen LogP contribution in [0.2, 0.25) is 5.02 Å². The lowest BCUT2D eigenvalue weighted by molar-refractivity contribution is 0.416. The Hall–Kier alpha value is -0.930. The predicted octanol–water partition coefficient (Wildman–Crippen LogP) is 2.82. The summed E-state index contributed by atoms with van der Waals surface area (Å²) in [5.41, 5.74) is 1.99. The van der Waals surface area contributed by atoms with E-state index in [1.54, 1.807) is 7.11 Å². The van der Waals surface area contributed by atoms with E-state index in [-0.39, 0.29) is 0 Å². The standard InChI is InChI=1S/C13H19ClN2O/c1-9-7-13(17-2)12(8-11(9)14)16-6-5-15-10-3-4-10/h7-8,10,15-16H,3-6H2,1-2H3. The molecule has 94 valence electrons. The molecule has 0 amide bonds. The van der Waals surface area contributed by atoms with E-state index in [9.17, 15) is 0 Å². The van der Waals surface area contributed by atoms with Gasteiger partial charge in [-0.25, -0.2) is 0 Å². The van der Waals surface area contributed by atoms with Gasteiger partial charge in [0.05, 0.1) is 12.8 Å². The van der Waals surface area contributed by atoms with E-state index in [1.807, 2.05) is 19.1 Å². The van der Waals surface area contributed by atoms with Crippen molar-refractivity contribution < 1.29 is 4.74 Å². The van der Waals surface area contributed by atoms with E-state index in [0.29, 0.717) is 0 Å². The fourth-order valence-corrected chi connectivity index (χ4v) is 1.89. The van der Waals surface area contributed by atoms with Gasteiger partial charge in [-0.15, -0.1) is 0 Å². The van der Waals surface area contributed by atoms with Crippen LogP contribution in [0.5, 0.6) is 5.75 Å². The number of benzene rings is 1. The topological polar surface area (TPSA) is 33.3 Å². The summed E-state index contributed by atoms with van der Waals surface area (Å²) >= 11 is 6.10.